The van der Waals surface area contributed by atoms with Crippen molar-refractivity contribution >= 4 is 11.6 Å². The van der Waals surface area contributed by atoms with Gasteiger partial charge in [-0.05, 0) is 42.8 Å². The predicted molar refractivity (Wildman–Crippen MR) is 78.0 cm³/mol. The van der Waals surface area contributed by atoms with Crippen LogP contribution in [0.4, 0.5) is 13.2 Å². The van der Waals surface area contributed by atoms with E-state index in [9.17, 15) is 13.2 Å². The second-order valence-corrected chi connectivity index (χ2v) is 5.22. The summed E-state index contributed by atoms with van der Waals surface area (Å²) in [5.41, 5.74) is 1.69. The van der Waals surface area contributed by atoms with E-state index >= 15 is 0 Å². The molecule has 0 heterocycles. The number of rotatable bonds is 4. The van der Waals surface area contributed by atoms with Crippen LogP contribution in [0.3, 0.4) is 0 Å². The molecule has 0 fully saturated rings. The maximum Gasteiger partial charge on any atom is 0.161 e. The van der Waals surface area contributed by atoms with Gasteiger partial charge in [0, 0.05) is 16.7 Å². The van der Waals surface area contributed by atoms with Gasteiger partial charge in [-0.25, -0.2) is 13.2 Å². The zero-order valence-electron chi connectivity index (χ0n) is 11.7. The summed E-state index contributed by atoms with van der Waals surface area (Å²) >= 11 is 5.92. The smallest absolute Gasteiger partial charge is 0.161 e. The Labute approximate surface area is 126 Å². The number of aryl methyl sites for hydroxylation is 1. The van der Waals surface area contributed by atoms with Crippen molar-refractivity contribution in [3.8, 4) is 0 Å². The summed E-state index contributed by atoms with van der Waals surface area (Å²) < 4.78 is 40.6. The van der Waals surface area contributed by atoms with Crippen molar-refractivity contribution in [3.05, 3.63) is 69.5 Å². The summed E-state index contributed by atoms with van der Waals surface area (Å²) in [6.07, 6.45) is 0. The Balaban J connectivity index is 2.55. The molecule has 112 valence electrons. The second kappa shape index (κ2) is 6.50. The van der Waals surface area contributed by atoms with Crippen molar-refractivity contribution in [1.29, 1.82) is 0 Å². The first-order valence-corrected chi connectivity index (χ1v) is 6.95. The monoisotopic (exact) mass is 313 g/mol. The molecule has 1 N–H and O–H groups in total. The molecule has 2 rings (SSSR count). The number of halogens is 4. The van der Waals surface area contributed by atoms with Gasteiger partial charge < -0.3 is 5.32 Å². The van der Waals surface area contributed by atoms with E-state index in [1.54, 1.807) is 18.2 Å². The Morgan fingerprint density at radius 2 is 1.67 bits per heavy atom. The maximum atomic E-state index is 14.0. The summed E-state index contributed by atoms with van der Waals surface area (Å²) in [5, 5.41) is 3.66. The van der Waals surface area contributed by atoms with Crippen LogP contribution in [0.5, 0.6) is 0 Å². The van der Waals surface area contributed by atoms with Gasteiger partial charge in [0.2, 0.25) is 0 Å². The number of benzene rings is 2. The van der Waals surface area contributed by atoms with E-state index in [4.69, 9.17) is 11.6 Å². The van der Waals surface area contributed by atoms with Gasteiger partial charge in [-0.1, -0.05) is 24.6 Å². The number of hydrogen-bond acceptors (Lipinski definition) is 1. The van der Waals surface area contributed by atoms with E-state index in [-0.39, 0.29) is 5.56 Å². The highest BCUT2D eigenvalue weighted by atomic mass is 35.5. The molecule has 0 bridgehead atoms. The molecule has 0 saturated heterocycles. The highest BCUT2D eigenvalue weighted by molar-refractivity contribution is 6.30. The second-order valence-electron chi connectivity index (χ2n) is 4.78. The Morgan fingerprint density at radius 1 is 1.00 bits per heavy atom. The fraction of sp³-hybridized carbons (Fsp3) is 0.250. The normalized spacial score (nSPS) is 12.5. The van der Waals surface area contributed by atoms with E-state index in [0.717, 1.165) is 17.2 Å². The summed E-state index contributed by atoms with van der Waals surface area (Å²) in [6, 6.07) is 6.09. The highest BCUT2D eigenvalue weighted by Crippen LogP contribution is 2.29. The van der Waals surface area contributed by atoms with Crippen molar-refractivity contribution in [2.45, 2.75) is 19.9 Å². The average molecular weight is 314 g/mol. The van der Waals surface area contributed by atoms with Crippen molar-refractivity contribution in [3.63, 3.8) is 0 Å². The lowest BCUT2D eigenvalue weighted by Gasteiger charge is -2.22. The van der Waals surface area contributed by atoms with Gasteiger partial charge in [0.25, 0.3) is 0 Å². The average Bonchev–Trinajstić information content (AvgIpc) is 2.41. The molecule has 1 unspecified atom stereocenters. The molecule has 1 atom stereocenters. The van der Waals surface area contributed by atoms with E-state index in [2.05, 4.69) is 5.32 Å². The molecule has 0 aliphatic rings. The van der Waals surface area contributed by atoms with Gasteiger partial charge >= 0.3 is 0 Å². The minimum Gasteiger partial charge on any atom is -0.306 e. The predicted octanol–water partition coefficient (Wildman–Crippen LogP) is 4.76. The van der Waals surface area contributed by atoms with Crippen molar-refractivity contribution in [2.75, 3.05) is 6.54 Å². The summed E-state index contributed by atoms with van der Waals surface area (Å²) in [6.45, 7) is 4.24. The molecular weight excluding hydrogens is 299 g/mol. The number of nitrogens with one attached hydrogen (secondary N) is 1. The number of hydrogen-bond donors (Lipinski definition) is 1. The van der Waals surface area contributed by atoms with Crippen LogP contribution in [0.25, 0.3) is 0 Å². The van der Waals surface area contributed by atoms with E-state index in [0.29, 0.717) is 17.6 Å². The van der Waals surface area contributed by atoms with E-state index < -0.39 is 23.5 Å². The SMILES string of the molecule is CCNC(c1ccc(Cl)cc1C)c1cc(F)c(F)cc1F. The third-order valence-corrected chi connectivity index (χ3v) is 3.54. The van der Waals surface area contributed by atoms with Crippen LogP contribution in [0.15, 0.2) is 30.3 Å². The largest absolute Gasteiger partial charge is 0.306 e. The van der Waals surface area contributed by atoms with Gasteiger partial charge in [0.15, 0.2) is 11.6 Å². The van der Waals surface area contributed by atoms with Gasteiger partial charge in [-0.3, -0.25) is 0 Å². The first-order valence-electron chi connectivity index (χ1n) is 6.58. The van der Waals surface area contributed by atoms with Crippen LogP contribution in [-0.4, -0.2) is 6.54 Å². The van der Waals surface area contributed by atoms with Gasteiger partial charge in [0.1, 0.15) is 5.82 Å². The highest BCUT2D eigenvalue weighted by Gasteiger charge is 2.21. The molecule has 0 spiro atoms. The van der Waals surface area contributed by atoms with Crippen LogP contribution >= 0.6 is 11.6 Å². The zero-order chi connectivity index (χ0) is 15.6. The molecule has 2 aromatic rings. The summed E-state index contributed by atoms with van der Waals surface area (Å²) in [4.78, 5) is 0. The topological polar surface area (TPSA) is 12.0 Å². The third kappa shape index (κ3) is 3.39. The Hall–Kier alpha value is -1.52. The van der Waals surface area contributed by atoms with Gasteiger partial charge in [-0.15, -0.1) is 0 Å². The summed E-state index contributed by atoms with van der Waals surface area (Å²) in [5.74, 6) is -3.05. The lowest BCUT2D eigenvalue weighted by Crippen LogP contribution is -2.24. The van der Waals surface area contributed by atoms with E-state index in [1.165, 1.54) is 0 Å². The Kier molecular flexibility index (Phi) is 4.91. The molecule has 0 amide bonds. The van der Waals surface area contributed by atoms with Crippen LogP contribution in [-0.2, 0) is 0 Å². The maximum absolute atomic E-state index is 14.0. The third-order valence-electron chi connectivity index (χ3n) is 3.30. The fourth-order valence-electron chi connectivity index (χ4n) is 2.31. The van der Waals surface area contributed by atoms with Gasteiger partial charge in [-0.2, -0.15) is 0 Å². The molecule has 0 aliphatic carbocycles. The first kappa shape index (κ1) is 15.9. The van der Waals surface area contributed by atoms with Crippen LogP contribution < -0.4 is 5.32 Å². The molecule has 0 aromatic heterocycles. The Morgan fingerprint density at radius 3 is 2.29 bits per heavy atom. The first-order chi connectivity index (χ1) is 9.93. The molecule has 2 aromatic carbocycles. The molecule has 21 heavy (non-hydrogen) atoms. The van der Waals surface area contributed by atoms with Gasteiger partial charge in [0.05, 0.1) is 6.04 Å². The molecule has 0 aliphatic heterocycles. The molecule has 1 nitrogen and oxygen atoms in total. The standard InChI is InChI=1S/C16H15ClF3N/c1-3-21-16(11-5-4-10(17)6-9(11)2)12-7-14(19)15(20)8-13(12)18/h4-8,16,21H,3H2,1-2H3. The molecule has 0 saturated carbocycles. The quantitative estimate of drug-likeness (QED) is 0.802. The van der Waals surface area contributed by atoms with E-state index in [1.807, 2.05) is 13.8 Å². The van der Waals surface area contributed by atoms with Crippen molar-refractivity contribution < 1.29 is 13.2 Å². The van der Waals surface area contributed by atoms with Crippen molar-refractivity contribution in [1.82, 2.24) is 5.32 Å². The zero-order valence-corrected chi connectivity index (χ0v) is 12.4. The Bertz CT molecular complexity index is 658. The minimum atomic E-state index is -1.20. The van der Waals surface area contributed by atoms with Crippen molar-refractivity contribution in [2.24, 2.45) is 0 Å². The fourth-order valence-corrected chi connectivity index (χ4v) is 2.54. The van der Waals surface area contributed by atoms with Crippen LogP contribution in [0.1, 0.15) is 29.7 Å². The lowest BCUT2D eigenvalue weighted by molar-refractivity contribution is 0.481. The van der Waals surface area contributed by atoms with Crippen LogP contribution in [0, 0.1) is 24.4 Å². The summed E-state index contributed by atoms with van der Waals surface area (Å²) in [7, 11) is 0. The van der Waals surface area contributed by atoms with Crippen LogP contribution in [0.2, 0.25) is 5.02 Å². The molecule has 5 heteroatoms. The molecule has 0 radical (unpaired) electrons. The minimum absolute atomic E-state index is 0.0705. The molecular formula is C16H15ClF3N. The lowest BCUT2D eigenvalue weighted by atomic mass is 9.94.